The van der Waals surface area contributed by atoms with Crippen molar-refractivity contribution in [1.29, 1.82) is 0 Å². The highest BCUT2D eigenvalue weighted by Gasteiger charge is 2.17. The zero-order valence-corrected chi connectivity index (χ0v) is 20.6. The fraction of sp³-hybridized carbons (Fsp3) is 0.0645. The van der Waals surface area contributed by atoms with Gasteiger partial charge in [-0.1, -0.05) is 96.5 Å². The van der Waals surface area contributed by atoms with Crippen LogP contribution in [0.5, 0.6) is 0 Å². The smallest absolute Gasteiger partial charge is 0.339 e. The molecule has 6 heteroatoms. The van der Waals surface area contributed by atoms with Gasteiger partial charge in [-0.3, -0.25) is 4.79 Å². The molecular weight excluding hydrogens is 484 g/mol. The highest BCUT2D eigenvalue weighted by molar-refractivity contribution is 6.30. The topological polar surface area (TPSA) is 68.3 Å². The number of carbonyl (C=O) groups is 2. The second kappa shape index (κ2) is 11.1. The summed E-state index contributed by atoms with van der Waals surface area (Å²) in [5, 5.41) is 4.04. The molecule has 0 aliphatic carbocycles. The summed E-state index contributed by atoms with van der Waals surface area (Å²) < 4.78 is 5.37. The third-order valence-electron chi connectivity index (χ3n) is 5.96. The lowest BCUT2D eigenvalue weighted by molar-refractivity contribution is -0.124. The van der Waals surface area contributed by atoms with Crippen LogP contribution < -0.4 is 5.32 Å². The Balaban J connectivity index is 1.33. The van der Waals surface area contributed by atoms with Crippen molar-refractivity contribution in [2.45, 2.75) is 6.54 Å². The van der Waals surface area contributed by atoms with Crippen LogP contribution in [-0.2, 0) is 16.1 Å². The highest BCUT2D eigenvalue weighted by atomic mass is 35.5. The molecule has 5 rings (SSSR count). The van der Waals surface area contributed by atoms with Crippen molar-refractivity contribution in [3.8, 4) is 22.4 Å². The van der Waals surface area contributed by atoms with Crippen LogP contribution in [0.4, 0.5) is 0 Å². The highest BCUT2D eigenvalue weighted by Crippen LogP contribution is 2.28. The van der Waals surface area contributed by atoms with Gasteiger partial charge in [-0.2, -0.15) is 0 Å². The van der Waals surface area contributed by atoms with Crippen LogP contribution >= 0.6 is 11.6 Å². The molecule has 0 saturated heterocycles. The van der Waals surface area contributed by atoms with Crippen molar-refractivity contribution in [2.75, 3.05) is 6.61 Å². The lowest BCUT2D eigenvalue weighted by Crippen LogP contribution is -2.28. The van der Waals surface area contributed by atoms with Crippen LogP contribution in [-0.4, -0.2) is 23.5 Å². The average molecular weight is 507 g/mol. The maximum atomic E-state index is 13.1. The van der Waals surface area contributed by atoms with E-state index in [0.717, 1.165) is 22.3 Å². The number of fused-ring (bicyclic) bond motifs is 1. The van der Waals surface area contributed by atoms with Crippen molar-refractivity contribution >= 4 is 34.4 Å². The molecule has 5 aromatic rings. The van der Waals surface area contributed by atoms with E-state index in [1.165, 1.54) is 0 Å². The minimum Gasteiger partial charge on any atom is -0.452 e. The van der Waals surface area contributed by atoms with E-state index in [4.69, 9.17) is 21.3 Å². The summed E-state index contributed by atoms with van der Waals surface area (Å²) >= 11 is 5.89. The van der Waals surface area contributed by atoms with Crippen molar-refractivity contribution < 1.29 is 14.3 Å². The Labute approximate surface area is 219 Å². The zero-order chi connectivity index (χ0) is 25.6. The van der Waals surface area contributed by atoms with Crippen molar-refractivity contribution in [3.63, 3.8) is 0 Å². The van der Waals surface area contributed by atoms with Gasteiger partial charge in [0.2, 0.25) is 0 Å². The van der Waals surface area contributed by atoms with Crippen molar-refractivity contribution in [2.24, 2.45) is 0 Å². The van der Waals surface area contributed by atoms with Gasteiger partial charge < -0.3 is 10.1 Å². The molecule has 0 aliphatic rings. The molecule has 0 atom stereocenters. The minimum absolute atomic E-state index is 0.314. The van der Waals surface area contributed by atoms with Gasteiger partial charge in [0.25, 0.3) is 5.91 Å². The molecule has 1 N–H and O–H groups in total. The molecule has 0 radical (unpaired) electrons. The normalized spacial score (nSPS) is 10.7. The largest absolute Gasteiger partial charge is 0.452 e. The van der Waals surface area contributed by atoms with Gasteiger partial charge in [0, 0.05) is 22.5 Å². The molecule has 5 nitrogen and oxygen atoms in total. The van der Waals surface area contributed by atoms with Gasteiger partial charge >= 0.3 is 5.97 Å². The van der Waals surface area contributed by atoms with Gasteiger partial charge in [0.15, 0.2) is 6.61 Å². The van der Waals surface area contributed by atoms with E-state index < -0.39 is 11.9 Å². The fourth-order valence-electron chi connectivity index (χ4n) is 4.02. The molecule has 1 heterocycles. The molecule has 0 bridgehead atoms. The number of amides is 1. The van der Waals surface area contributed by atoms with Crippen LogP contribution in [0, 0.1) is 0 Å². The molecule has 1 aromatic heterocycles. The number of nitrogens with zero attached hydrogens (tertiary/aromatic N) is 1. The van der Waals surface area contributed by atoms with Crippen LogP contribution in [0.1, 0.15) is 15.9 Å². The summed E-state index contributed by atoms with van der Waals surface area (Å²) in [6.07, 6.45) is 0. The van der Waals surface area contributed by atoms with E-state index in [0.29, 0.717) is 33.7 Å². The van der Waals surface area contributed by atoms with E-state index in [2.05, 4.69) is 17.4 Å². The van der Waals surface area contributed by atoms with Gasteiger partial charge in [0.05, 0.1) is 16.8 Å². The van der Waals surface area contributed by atoms with E-state index in [1.807, 2.05) is 78.9 Å². The summed E-state index contributed by atoms with van der Waals surface area (Å²) in [5.41, 5.74) is 5.67. The summed E-state index contributed by atoms with van der Waals surface area (Å²) in [4.78, 5) is 30.1. The van der Waals surface area contributed by atoms with Gasteiger partial charge in [0.1, 0.15) is 0 Å². The molecule has 4 aromatic carbocycles. The SMILES string of the molecule is O=C(COC(=O)c1cc(-c2ccc(-c3ccccc3)cc2)nc2ccccc12)NCc1ccc(Cl)cc1. The number of hydrogen-bond donors (Lipinski definition) is 1. The Bertz CT molecular complexity index is 1550. The first kappa shape index (κ1) is 24.2. The summed E-state index contributed by atoms with van der Waals surface area (Å²) in [5.74, 6) is -0.971. The summed E-state index contributed by atoms with van der Waals surface area (Å²) in [7, 11) is 0. The third kappa shape index (κ3) is 5.85. The minimum atomic E-state index is -0.581. The lowest BCUT2D eigenvalue weighted by atomic mass is 10.0. The molecule has 1 amide bonds. The predicted octanol–water partition coefficient (Wildman–Crippen LogP) is 6.70. The number of pyridine rings is 1. The number of rotatable bonds is 7. The predicted molar refractivity (Wildman–Crippen MR) is 146 cm³/mol. The quantitative estimate of drug-likeness (QED) is 0.249. The molecule has 0 fully saturated rings. The number of esters is 1. The summed E-state index contributed by atoms with van der Waals surface area (Å²) in [6, 6.07) is 34.4. The molecule has 0 saturated carbocycles. The number of halogens is 1. The van der Waals surface area contributed by atoms with Crippen LogP contribution in [0.15, 0.2) is 109 Å². The molecule has 0 unspecified atom stereocenters. The third-order valence-corrected chi connectivity index (χ3v) is 6.21. The number of carbonyl (C=O) groups excluding carboxylic acids is 2. The number of aromatic nitrogens is 1. The number of ether oxygens (including phenoxy) is 1. The van der Waals surface area contributed by atoms with E-state index in [9.17, 15) is 9.59 Å². The van der Waals surface area contributed by atoms with Crippen LogP contribution in [0.3, 0.4) is 0 Å². The molecule has 0 spiro atoms. The standard InChI is InChI=1S/C31H23ClN2O3/c32-25-16-10-21(11-17-25)19-33-30(35)20-37-31(36)27-18-29(34-28-9-5-4-8-26(27)28)24-14-12-23(13-15-24)22-6-2-1-3-7-22/h1-18H,19-20H2,(H,33,35). The van der Waals surface area contributed by atoms with E-state index >= 15 is 0 Å². The maximum Gasteiger partial charge on any atom is 0.339 e. The second-order valence-corrected chi connectivity index (χ2v) is 8.93. The first-order chi connectivity index (χ1) is 18.1. The van der Waals surface area contributed by atoms with E-state index in [-0.39, 0.29) is 6.61 Å². The van der Waals surface area contributed by atoms with E-state index in [1.54, 1.807) is 18.2 Å². The van der Waals surface area contributed by atoms with Crippen molar-refractivity contribution in [1.82, 2.24) is 10.3 Å². The van der Waals surface area contributed by atoms with Gasteiger partial charge in [-0.05, 0) is 41.0 Å². The molecular formula is C31H23ClN2O3. The van der Waals surface area contributed by atoms with Crippen LogP contribution in [0.25, 0.3) is 33.3 Å². The maximum absolute atomic E-state index is 13.1. The average Bonchev–Trinajstić information content (AvgIpc) is 2.95. The van der Waals surface area contributed by atoms with Crippen LogP contribution in [0.2, 0.25) is 5.02 Å². The first-order valence-electron chi connectivity index (χ1n) is 11.8. The summed E-state index contributed by atoms with van der Waals surface area (Å²) in [6.45, 7) is -0.0704. The lowest BCUT2D eigenvalue weighted by Gasteiger charge is -2.11. The Hall–Kier alpha value is -4.48. The number of para-hydroxylation sites is 1. The Morgan fingerprint density at radius 3 is 2.16 bits per heavy atom. The fourth-order valence-corrected chi connectivity index (χ4v) is 4.14. The monoisotopic (exact) mass is 506 g/mol. The number of hydrogen-bond acceptors (Lipinski definition) is 4. The number of nitrogens with one attached hydrogen (secondary N) is 1. The first-order valence-corrected chi connectivity index (χ1v) is 12.2. The Kier molecular flexibility index (Phi) is 7.24. The number of benzene rings is 4. The Morgan fingerprint density at radius 1 is 0.757 bits per heavy atom. The van der Waals surface area contributed by atoms with Gasteiger partial charge in [-0.25, -0.2) is 9.78 Å². The molecule has 37 heavy (non-hydrogen) atoms. The molecule has 182 valence electrons. The molecule has 0 aliphatic heterocycles. The van der Waals surface area contributed by atoms with Crippen molar-refractivity contribution in [3.05, 3.63) is 125 Å². The second-order valence-electron chi connectivity index (χ2n) is 8.49. The Morgan fingerprint density at radius 2 is 1.41 bits per heavy atom. The van der Waals surface area contributed by atoms with Gasteiger partial charge in [-0.15, -0.1) is 0 Å². The zero-order valence-electron chi connectivity index (χ0n) is 19.9.